The van der Waals surface area contributed by atoms with Crippen LogP contribution < -0.4 is 10.6 Å². The van der Waals surface area contributed by atoms with Crippen LogP contribution in [0.4, 0.5) is 17.6 Å². The first-order valence-electron chi connectivity index (χ1n) is 7.07. The van der Waals surface area contributed by atoms with Crippen LogP contribution in [0.5, 0.6) is 0 Å². The van der Waals surface area contributed by atoms with Crippen molar-refractivity contribution >= 4 is 11.9 Å². The zero-order valence-electron chi connectivity index (χ0n) is 13.5. The molecule has 2 N–H and O–H groups in total. The Hall–Kier alpha value is -2.32. The van der Waals surface area contributed by atoms with E-state index in [9.17, 15) is 22.4 Å². The average molecular weight is 349 g/mol. The Balaban J connectivity index is 2.72. The SMILES string of the molecule is CN=C(NCc1ccc(F)cc1C(F)(F)F)NCC(C)C(=O)OC. The lowest BCUT2D eigenvalue weighted by atomic mass is 10.1. The monoisotopic (exact) mass is 349 g/mol. The van der Waals surface area contributed by atoms with Crippen LogP contribution in [0, 0.1) is 11.7 Å². The Labute approximate surface area is 137 Å². The van der Waals surface area contributed by atoms with E-state index in [1.165, 1.54) is 14.2 Å². The fourth-order valence-electron chi connectivity index (χ4n) is 1.90. The van der Waals surface area contributed by atoms with Crippen LogP contribution >= 0.6 is 0 Å². The van der Waals surface area contributed by atoms with E-state index in [-0.39, 0.29) is 24.6 Å². The molecule has 9 heteroatoms. The molecular weight excluding hydrogens is 330 g/mol. The number of benzene rings is 1. The highest BCUT2D eigenvalue weighted by Gasteiger charge is 2.33. The zero-order valence-corrected chi connectivity index (χ0v) is 13.5. The van der Waals surface area contributed by atoms with E-state index in [2.05, 4.69) is 20.4 Å². The van der Waals surface area contributed by atoms with E-state index in [4.69, 9.17) is 0 Å². The number of ether oxygens (including phenoxy) is 1. The summed E-state index contributed by atoms with van der Waals surface area (Å²) in [6.07, 6.45) is -4.66. The number of guanidine groups is 1. The van der Waals surface area contributed by atoms with Gasteiger partial charge in [-0.2, -0.15) is 13.2 Å². The van der Waals surface area contributed by atoms with Gasteiger partial charge in [0.2, 0.25) is 0 Å². The molecule has 0 radical (unpaired) electrons. The number of rotatable bonds is 5. The lowest BCUT2D eigenvalue weighted by Gasteiger charge is -2.17. The smallest absolute Gasteiger partial charge is 0.416 e. The van der Waals surface area contributed by atoms with E-state index >= 15 is 0 Å². The summed E-state index contributed by atoms with van der Waals surface area (Å²) in [5, 5.41) is 5.50. The third kappa shape index (κ3) is 5.71. The molecular formula is C15H19F4N3O2. The largest absolute Gasteiger partial charge is 0.469 e. The molecule has 5 nitrogen and oxygen atoms in total. The van der Waals surface area contributed by atoms with Crippen molar-refractivity contribution < 1.29 is 27.1 Å². The lowest BCUT2D eigenvalue weighted by molar-refractivity contribution is -0.144. The molecule has 1 unspecified atom stereocenters. The van der Waals surface area contributed by atoms with Crippen molar-refractivity contribution in [2.24, 2.45) is 10.9 Å². The van der Waals surface area contributed by atoms with Gasteiger partial charge in [0.1, 0.15) is 5.82 Å². The molecule has 1 rings (SSSR count). The number of aliphatic imine (C=N–C) groups is 1. The summed E-state index contributed by atoms with van der Waals surface area (Å²) >= 11 is 0. The molecule has 0 heterocycles. The minimum absolute atomic E-state index is 0.118. The molecule has 1 aromatic rings. The maximum absolute atomic E-state index is 13.1. The van der Waals surface area contributed by atoms with Gasteiger partial charge >= 0.3 is 12.1 Å². The summed E-state index contributed by atoms with van der Waals surface area (Å²) in [6, 6.07) is 2.48. The molecule has 1 atom stereocenters. The Morgan fingerprint density at radius 3 is 2.54 bits per heavy atom. The molecule has 0 bridgehead atoms. The molecule has 0 aliphatic heterocycles. The number of nitrogens with zero attached hydrogens (tertiary/aromatic N) is 1. The highest BCUT2D eigenvalue weighted by Crippen LogP contribution is 2.32. The molecule has 0 saturated carbocycles. The summed E-state index contributed by atoms with van der Waals surface area (Å²) < 4.78 is 56.4. The van der Waals surface area contributed by atoms with E-state index < -0.39 is 29.4 Å². The number of nitrogens with one attached hydrogen (secondary N) is 2. The first-order valence-corrected chi connectivity index (χ1v) is 7.07. The molecule has 1 aromatic carbocycles. The second-order valence-corrected chi connectivity index (χ2v) is 5.03. The van der Waals surface area contributed by atoms with Crippen LogP contribution in [0.2, 0.25) is 0 Å². The first-order chi connectivity index (χ1) is 11.2. The number of halogens is 4. The van der Waals surface area contributed by atoms with Gasteiger partial charge in [-0.1, -0.05) is 13.0 Å². The standard InChI is InChI=1S/C15H19F4N3O2/c1-9(13(23)24-3)7-21-14(20-2)22-8-10-4-5-11(16)6-12(10)15(17,18)19/h4-6,9H,7-8H2,1-3H3,(H2,20,21,22). The predicted molar refractivity (Wildman–Crippen MR) is 80.8 cm³/mol. The number of esters is 1. The van der Waals surface area contributed by atoms with Crippen LogP contribution in [-0.4, -0.2) is 32.6 Å². The fourth-order valence-corrected chi connectivity index (χ4v) is 1.90. The quantitative estimate of drug-likeness (QED) is 0.371. The van der Waals surface area contributed by atoms with Gasteiger partial charge in [-0.15, -0.1) is 0 Å². The molecule has 0 aliphatic rings. The van der Waals surface area contributed by atoms with Crippen molar-refractivity contribution in [2.75, 3.05) is 20.7 Å². The Bertz CT molecular complexity index is 603. The van der Waals surface area contributed by atoms with Gasteiger partial charge in [0.25, 0.3) is 0 Å². The van der Waals surface area contributed by atoms with Gasteiger partial charge in [-0.3, -0.25) is 9.79 Å². The van der Waals surface area contributed by atoms with Crippen molar-refractivity contribution in [3.8, 4) is 0 Å². The normalized spacial score (nSPS) is 13.4. The fraction of sp³-hybridized carbons (Fsp3) is 0.467. The van der Waals surface area contributed by atoms with E-state index in [0.29, 0.717) is 6.07 Å². The predicted octanol–water partition coefficient (Wildman–Crippen LogP) is 2.32. The highest BCUT2D eigenvalue weighted by atomic mass is 19.4. The molecule has 0 aliphatic carbocycles. The van der Waals surface area contributed by atoms with Crippen molar-refractivity contribution in [1.29, 1.82) is 0 Å². The van der Waals surface area contributed by atoms with Crippen molar-refractivity contribution in [3.63, 3.8) is 0 Å². The maximum Gasteiger partial charge on any atom is 0.416 e. The Morgan fingerprint density at radius 2 is 2.00 bits per heavy atom. The van der Waals surface area contributed by atoms with Crippen LogP contribution in [0.3, 0.4) is 0 Å². The summed E-state index contributed by atoms with van der Waals surface area (Å²) in [6.45, 7) is 1.62. The van der Waals surface area contributed by atoms with Crippen molar-refractivity contribution in [3.05, 3.63) is 35.1 Å². The number of carbonyl (C=O) groups is 1. The molecule has 0 amide bonds. The molecule has 0 aromatic heterocycles. The van der Waals surface area contributed by atoms with Crippen molar-refractivity contribution in [2.45, 2.75) is 19.6 Å². The van der Waals surface area contributed by atoms with Crippen LogP contribution in [0.25, 0.3) is 0 Å². The number of hydrogen-bond acceptors (Lipinski definition) is 3. The molecule has 0 saturated heterocycles. The highest BCUT2D eigenvalue weighted by molar-refractivity contribution is 5.80. The van der Waals surface area contributed by atoms with Gasteiger partial charge in [-0.25, -0.2) is 4.39 Å². The number of carbonyl (C=O) groups excluding carboxylic acids is 1. The van der Waals surface area contributed by atoms with E-state index in [0.717, 1.165) is 12.1 Å². The van der Waals surface area contributed by atoms with Gasteiger partial charge in [-0.05, 0) is 17.7 Å². The second kappa shape index (κ2) is 8.51. The average Bonchev–Trinajstić information content (AvgIpc) is 2.53. The molecule has 24 heavy (non-hydrogen) atoms. The maximum atomic E-state index is 13.1. The van der Waals surface area contributed by atoms with E-state index in [1.807, 2.05) is 0 Å². The second-order valence-electron chi connectivity index (χ2n) is 5.03. The Morgan fingerprint density at radius 1 is 1.33 bits per heavy atom. The molecule has 0 spiro atoms. The van der Waals surface area contributed by atoms with Gasteiger partial charge < -0.3 is 15.4 Å². The number of alkyl halides is 3. The van der Waals surface area contributed by atoms with Crippen molar-refractivity contribution in [1.82, 2.24) is 10.6 Å². The number of hydrogen-bond donors (Lipinski definition) is 2. The van der Waals surface area contributed by atoms with Gasteiger partial charge in [0, 0.05) is 20.1 Å². The summed E-state index contributed by atoms with van der Waals surface area (Å²) in [7, 11) is 2.70. The topological polar surface area (TPSA) is 62.7 Å². The summed E-state index contributed by atoms with van der Waals surface area (Å²) in [5.74, 6) is -1.62. The minimum atomic E-state index is -4.66. The Kier molecular flexibility index (Phi) is 6.99. The third-order valence-corrected chi connectivity index (χ3v) is 3.23. The summed E-state index contributed by atoms with van der Waals surface area (Å²) in [4.78, 5) is 15.2. The van der Waals surface area contributed by atoms with Crippen LogP contribution in [0.1, 0.15) is 18.1 Å². The third-order valence-electron chi connectivity index (χ3n) is 3.23. The lowest BCUT2D eigenvalue weighted by Crippen LogP contribution is -2.40. The summed E-state index contributed by atoms with van der Waals surface area (Å²) in [5.41, 5.74) is -1.17. The van der Waals surface area contributed by atoms with Crippen LogP contribution in [0.15, 0.2) is 23.2 Å². The zero-order chi connectivity index (χ0) is 18.3. The first kappa shape index (κ1) is 19.7. The van der Waals surface area contributed by atoms with Crippen LogP contribution in [-0.2, 0) is 22.3 Å². The van der Waals surface area contributed by atoms with Gasteiger partial charge in [0.15, 0.2) is 5.96 Å². The van der Waals surface area contributed by atoms with E-state index in [1.54, 1.807) is 6.92 Å². The van der Waals surface area contributed by atoms with Gasteiger partial charge in [0.05, 0.1) is 18.6 Å². The molecule has 0 fully saturated rings. The molecule has 134 valence electrons. The minimum Gasteiger partial charge on any atom is -0.469 e. The number of methoxy groups -OCH3 is 1.